The molecule has 2 heterocycles. The Balaban J connectivity index is 1.78. The minimum atomic E-state index is 0.561. The highest BCUT2D eigenvalue weighted by atomic mass is 32.1. The van der Waals surface area contributed by atoms with Gasteiger partial charge < -0.3 is 10.6 Å². The van der Waals surface area contributed by atoms with Gasteiger partial charge in [0.05, 0.1) is 5.69 Å². The van der Waals surface area contributed by atoms with Crippen LogP contribution in [-0.2, 0) is 6.42 Å². The van der Waals surface area contributed by atoms with Crippen LogP contribution in [-0.4, -0.2) is 26.6 Å². The van der Waals surface area contributed by atoms with Gasteiger partial charge in [0, 0.05) is 37.8 Å². The number of thiocarbonyl (C=S) groups is 1. The maximum absolute atomic E-state index is 5.21. The second-order valence-corrected chi connectivity index (χ2v) is 4.40. The van der Waals surface area contributed by atoms with Crippen LogP contribution in [0, 0.1) is 6.92 Å². The molecule has 0 aromatic carbocycles. The van der Waals surface area contributed by atoms with E-state index in [2.05, 4.69) is 25.6 Å². The van der Waals surface area contributed by atoms with Crippen molar-refractivity contribution in [1.82, 2.24) is 20.3 Å². The standard InChI is InChI=1S/C13H15N5S/c1-10-3-2-5-16-12(10)18-13(19)17-6-4-11-9-14-7-8-15-11/h2-3,5,7-9H,4,6H2,1H3,(H2,16,17,18,19). The zero-order valence-electron chi connectivity index (χ0n) is 10.6. The van der Waals surface area contributed by atoms with Gasteiger partial charge in [0.1, 0.15) is 5.82 Å². The van der Waals surface area contributed by atoms with E-state index >= 15 is 0 Å². The number of rotatable bonds is 4. The number of pyridine rings is 1. The van der Waals surface area contributed by atoms with Crippen LogP contribution >= 0.6 is 12.2 Å². The quantitative estimate of drug-likeness (QED) is 0.827. The Kier molecular flexibility index (Phi) is 4.74. The monoisotopic (exact) mass is 273 g/mol. The molecule has 6 heteroatoms. The van der Waals surface area contributed by atoms with Crippen molar-refractivity contribution < 1.29 is 0 Å². The van der Waals surface area contributed by atoms with Crippen LogP contribution in [0.15, 0.2) is 36.9 Å². The van der Waals surface area contributed by atoms with Crippen molar-refractivity contribution in [3.05, 3.63) is 48.2 Å². The second-order valence-electron chi connectivity index (χ2n) is 4.00. The van der Waals surface area contributed by atoms with Gasteiger partial charge in [0.25, 0.3) is 0 Å². The molecule has 2 aromatic rings. The van der Waals surface area contributed by atoms with E-state index < -0.39 is 0 Å². The molecule has 5 nitrogen and oxygen atoms in total. The highest BCUT2D eigenvalue weighted by Gasteiger charge is 2.01. The van der Waals surface area contributed by atoms with Crippen molar-refractivity contribution in [1.29, 1.82) is 0 Å². The van der Waals surface area contributed by atoms with E-state index in [1.165, 1.54) is 0 Å². The Morgan fingerprint density at radius 3 is 2.89 bits per heavy atom. The van der Waals surface area contributed by atoms with Crippen molar-refractivity contribution in [3.8, 4) is 0 Å². The van der Waals surface area contributed by atoms with Gasteiger partial charge in [0.15, 0.2) is 5.11 Å². The predicted molar refractivity (Wildman–Crippen MR) is 78.9 cm³/mol. The van der Waals surface area contributed by atoms with E-state index in [4.69, 9.17) is 12.2 Å². The average molecular weight is 273 g/mol. The van der Waals surface area contributed by atoms with Crippen LogP contribution in [0.4, 0.5) is 5.82 Å². The average Bonchev–Trinajstić information content (AvgIpc) is 2.43. The summed E-state index contributed by atoms with van der Waals surface area (Å²) in [7, 11) is 0. The Morgan fingerprint density at radius 2 is 2.16 bits per heavy atom. The van der Waals surface area contributed by atoms with Gasteiger partial charge in [-0.3, -0.25) is 9.97 Å². The van der Waals surface area contributed by atoms with Crippen LogP contribution in [0.25, 0.3) is 0 Å². The second kappa shape index (κ2) is 6.75. The fourth-order valence-electron chi connectivity index (χ4n) is 1.53. The summed E-state index contributed by atoms with van der Waals surface area (Å²) >= 11 is 5.21. The number of aromatic nitrogens is 3. The van der Waals surface area contributed by atoms with Gasteiger partial charge >= 0.3 is 0 Å². The van der Waals surface area contributed by atoms with E-state index in [-0.39, 0.29) is 0 Å². The molecule has 0 aliphatic carbocycles. The Bertz CT molecular complexity index is 544. The first-order valence-electron chi connectivity index (χ1n) is 5.97. The van der Waals surface area contributed by atoms with Crippen LogP contribution < -0.4 is 10.6 Å². The molecule has 2 N–H and O–H groups in total. The number of aryl methyl sites for hydroxylation is 1. The summed E-state index contributed by atoms with van der Waals surface area (Å²) < 4.78 is 0. The molecule has 0 saturated carbocycles. The molecule has 98 valence electrons. The first-order valence-corrected chi connectivity index (χ1v) is 6.38. The third-order valence-corrected chi connectivity index (χ3v) is 2.77. The van der Waals surface area contributed by atoms with Crippen molar-refractivity contribution in [2.24, 2.45) is 0 Å². The normalized spacial score (nSPS) is 9.95. The predicted octanol–water partition coefficient (Wildman–Crippen LogP) is 1.71. The van der Waals surface area contributed by atoms with E-state index in [1.807, 2.05) is 19.1 Å². The molecule has 2 aromatic heterocycles. The van der Waals surface area contributed by atoms with Crippen molar-refractivity contribution >= 4 is 23.1 Å². The van der Waals surface area contributed by atoms with E-state index in [0.29, 0.717) is 11.7 Å². The highest BCUT2D eigenvalue weighted by Crippen LogP contribution is 2.08. The minimum absolute atomic E-state index is 0.561. The van der Waals surface area contributed by atoms with Gasteiger partial charge in [-0.1, -0.05) is 6.07 Å². The largest absolute Gasteiger partial charge is 0.362 e. The lowest BCUT2D eigenvalue weighted by Crippen LogP contribution is -2.30. The topological polar surface area (TPSA) is 62.7 Å². The molecule has 0 spiro atoms. The SMILES string of the molecule is Cc1cccnc1NC(=S)NCCc1cnccn1. The molecular weight excluding hydrogens is 258 g/mol. The first kappa shape index (κ1) is 13.4. The van der Waals surface area contributed by atoms with Gasteiger partial charge in [-0.25, -0.2) is 4.98 Å². The fraction of sp³-hybridized carbons (Fsp3) is 0.231. The van der Waals surface area contributed by atoms with Gasteiger partial charge in [-0.2, -0.15) is 0 Å². The molecule has 0 saturated heterocycles. The molecule has 0 atom stereocenters. The molecule has 2 rings (SSSR count). The zero-order valence-corrected chi connectivity index (χ0v) is 11.4. The lowest BCUT2D eigenvalue weighted by Gasteiger charge is -2.11. The van der Waals surface area contributed by atoms with Crippen molar-refractivity contribution in [2.45, 2.75) is 13.3 Å². The summed E-state index contributed by atoms with van der Waals surface area (Å²) in [4.78, 5) is 12.4. The highest BCUT2D eigenvalue weighted by molar-refractivity contribution is 7.80. The Hall–Kier alpha value is -2.08. The van der Waals surface area contributed by atoms with Crippen molar-refractivity contribution in [3.63, 3.8) is 0 Å². The fourth-order valence-corrected chi connectivity index (χ4v) is 1.73. The molecule has 0 aliphatic heterocycles. The molecule has 0 unspecified atom stereocenters. The summed E-state index contributed by atoms with van der Waals surface area (Å²) in [5.74, 6) is 0.777. The number of hydrogen-bond donors (Lipinski definition) is 2. The van der Waals surface area contributed by atoms with Gasteiger partial charge in [-0.05, 0) is 30.8 Å². The number of nitrogens with zero attached hydrogens (tertiary/aromatic N) is 3. The smallest absolute Gasteiger partial charge is 0.171 e. The Labute approximate surface area is 117 Å². The van der Waals surface area contributed by atoms with Crippen LogP contribution in [0.2, 0.25) is 0 Å². The summed E-state index contributed by atoms with van der Waals surface area (Å²) in [5.41, 5.74) is 1.99. The Morgan fingerprint density at radius 1 is 1.26 bits per heavy atom. The number of nitrogens with one attached hydrogen (secondary N) is 2. The van der Waals surface area contributed by atoms with Crippen LogP contribution in [0.1, 0.15) is 11.3 Å². The minimum Gasteiger partial charge on any atom is -0.362 e. The molecule has 0 amide bonds. The molecule has 19 heavy (non-hydrogen) atoms. The summed E-state index contributed by atoms with van der Waals surface area (Å²) in [6, 6.07) is 3.88. The molecule has 0 aliphatic rings. The number of hydrogen-bond acceptors (Lipinski definition) is 4. The third-order valence-electron chi connectivity index (χ3n) is 2.52. The van der Waals surface area contributed by atoms with Gasteiger partial charge in [-0.15, -0.1) is 0 Å². The van der Waals surface area contributed by atoms with Crippen LogP contribution in [0.3, 0.4) is 0 Å². The van der Waals surface area contributed by atoms with E-state index in [1.54, 1.807) is 24.8 Å². The maximum Gasteiger partial charge on any atom is 0.171 e. The van der Waals surface area contributed by atoms with Crippen molar-refractivity contribution in [2.75, 3.05) is 11.9 Å². The van der Waals surface area contributed by atoms with E-state index in [0.717, 1.165) is 23.5 Å². The van der Waals surface area contributed by atoms with Crippen LogP contribution in [0.5, 0.6) is 0 Å². The number of anilines is 1. The summed E-state index contributed by atoms with van der Waals surface area (Å²) in [6.45, 7) is 2.69. The summed E-state index contributed by atoms with van der Waals surface area (Å²) in [5, 5.41) is 6.75. The zero-order chi connectivity index (χ0) is 13.5. The molecule has 0 fully saturated rings. The van der Waals surface area contributed by atoms with E-state index in [9.17, 15) is 0 Å². The molecule has 0 bridgehead atoms. The van der Waals surface area contributed by atoms with Gasteiger partial charge in [0.2, 0.25) is 0 Å². The molecule has 0 radical (unpaired) electrons. The lowest BCUT2D eigenvalue weighted by atomic mass is 10.3. The summed E-state index contributed by atoms with van der Waals surface area (Å²) in [6.07, 6.45) is 7.60. The maximum atomic E-state index is 5.21. The lowest BCUT2D eigenvalue weighted by molar-refractivity contribution is 0.839. The first-order chi connectivity index (χ1) is 9.25. The third kappa shape index (κ3) is 4.26. The molecular formula is C13H15N5S.